The number of anilines is 1. The van der Waals surface area contributed by atoms with Gasteiger partial charge in [-0.1, -0.05) is 29.8 Å². The molecule has 5 amide bonds. The summed E-state index contributed by atoms with van der Waals surface area (Å²) in [6.45, 7) is 7.47. The minimum absolute atomic E-state index is 0.0111. The fourth-order valence-corrected chi connectivity index (χ4v) is 11.4. The van der Waals surface area contributed by atoms with Crippen molar-refractivity contribution >= 4 is 74.5 Å². The third-order valence-electron chi connectivity index (χ3n) is 14.9. The summed E-state index contributed by atoms with van der Waals surface area (Å²) in [5.74, 6) is -4.45. The molecule has 0 bridgehead atoms. The van der Waals surface area contributed by atoms with Crippen molar-refractivity contribution in [2.24, 2.45) is 13.0 Å². The molecule has 10 rings (SSSR count). The number of carboxylic acid groups (broad SMARTS) is 1. The number of carboxylic acids is 1. The third kappa shape index (κ3) is 8.73. The molecule has 4 aliphatic rings. The van der Waals surface area contributed by atoms with Crippen LogP contribution in [0.3, 0.4) is 0 Å². The van der Waals surface area contributed by atoms with E-state index < -0.39 is 41.5 Å². The molecular weight excluding hydrogens is 950 g/mol. The van der Waals surface area contributed by atoms with Crippen LogP contribution in [-0.4, -0.2) is 128 Å². The summed E-state index contributed by atoms with van der Waals surface area (Å²) in [4.78, 5) is 84.9. The molecule has 0 saturated carbocycles. The number of hydrogen-bond acceptors (Lipinski definition) is 10. The molecule has 4 aromatic carbocycles. The van der Waals surface area contributed by atoms with Gasteiger partial charge in [-0.15, -0.1) is 0 Å². The number of rotatable bonds is 13. The summed E-state index contributed by atoms with van der Waals surface area (Å²) in [5.41, 5.74) is 4.73. The Hall–Kier alpha value is -7.18. The van der Waals surface area contributed by atoms with Crippen molar-refractivity contribution in [1.29, 1.82) is 0 Å². The highest BCUT2D eigenvalue weighted by molar-refractivity contribution is 6.35. The Bertz CT molecular complexity index is 3250. The lowest BCUT2D eigenvalue weighted by molar-refractivity contribution is -0.138. The number of piperidine rings is 2. The minimum atomic E-state index is -1.16. The number of fused-ring (bicyclic) bond motifs is 3. The monoisotopic (exact) mass is 1000 g/mol. The van der Waals surface area contributed by atoms with Gasteiger partial charge in [-0.3, -0.25) is 38.9 Å². The van der Waals surface area contributed by atoms with Crippen LogP contribution in [0.2, 0.25) is 5.02 Å². The molecule has 2 aromatic heterocycles. The lowest BCUT2D eigenvalue weighted by atomic mass is 9.95. The lowest BCUT2D eigenvalue weighted by Crippen LogP contribution is -2.54. The first kappa shape index (κ1) is 48.4. The first-order valence-electron chi connectivity index (χ1n) is 24.3. The number of aryl methyl sites for hydroxylation is 3. The second kappa shape index (κ2) is 19.4. The van der Waals surface area contributed by atoms with Gasteiger partial charge in [-0.2, -0.15) is 5.10 Å². The Labute approximate surface area is 418 Å². The quantitative estimate of drug-likeness (QED) is 0.0907. The highest BCUT2D eigenvalue weighted by Gasteiger charge is 2.45. The number of carbonyl (C=O) groups is 6. The lowest BCUT2D eigenvalue weighted by Gasteiger charge is -2.39. The van der Waals surface area contributed by atoms with E-state index in [0.717, 1.165) is 44.1 Å². The number of halogens is 3. The van der Waals surface area contributed by atoms with Crippen molar-refractivity contribution in [2.45, 2.75) is 65.0 Å². The van der Waals surface area contributed by atoms with Crippen LogP contribution in [0.4, 0.5) is 14.5 Å². The van der Waals surface area contributed by atoms with Gasteiger partial charge in [0, 0.05) is 86.2 Å². The van der Waals surface area contributed by atoms with Gasteiger partial charge >= 0.3 is 5.97 Å². The van der Waals surface area contributed by atoms with E-state index in [1.165, 1.54) is 18.2 Å². The second-order valence-corrected chi connectivity index (χ2v) is 19.5. The van der Waals surface area contributed by atoms with Gasteiger partial charge in [0.1, 0.15) is 29.1 Å². The number of ether oxygens (including phenoxy) is 1. The molecule has 2 N–H and O–H groups in total. The van der Waals surface area contributed by atoms with Crippen LogP contribution in [0.25, 0.3) is 32.8 Å². The highest BCUT2D eigenvalue weighted by atomic mass is 35.5. The van der Waals surface area contributed by atoms with E-state index in [2.05, 4.69) is 15.3 Å². The molecule has 1 unspecified atom stereocenters. The maximum atomic E-state index is 15.6. The summed E-state index contributed by atoms with van der Waals surface area (Å²) >= 11 is 7.08. The van der Waals surface area contributed by atoms with E-state index in [1.54, 1.807) is 20.5 Å². The number of amides is 5. The van der Waals surface area contributed by atoms with E-state index >= 15 is 4.39 Å². The van der Waals surface area contributed by atoms with Crippen molar-refractivity contribution in [2.75, 3.05) is 57.3 Å². The van der Waals surface area contributed by atoms with E-state index in [0.29, 0.717) is 112 Å². The van der Waals surface area contributed by atoms with E-state index in [-0.39, 0.29) is 53.0 Å². The number of hydrogen-bond donors (Lipinski definition) is 2. The summed E-state index contributed by atoms with van der Waals surface area (Å²) in [6.07, 6.45) is 2.04. The molecule has 19 heteroatoms. The molecule has 0 radical (unpaired) electrons. The number of imide groups is 2. The average Bonchev–Trinajstić information content (AvgIpc) is 3.91. The molecular formula is C53H53ClF2N8O8. The highest BCUT2D eigenvalue weighted by Crippen LogP contribution is 2.42. The minimum Gasteiger partial charge on any atom is -0.493 e. The molecule has 1 atom stereocenters. The van der Waals surface area contributed by atoms with Crippen LogP contribution in [0, 0.1) is 31.4 Å². The standard InChI is InChI=1S/C53H53ClF2N8O8/c1-29-45(30(2)59(3)58-29)46-39(54)12-11-36-35(7-5-25-72-43-8-4-6-32-26-33(55)9-10-34(32)43)48(53(70)71)63(47(36)46)24-19-60-17-15-31(16-18-60)50(67)62-22-20-61(21-23-62)42-28-38-37(27-40(42)56)51(68)64(52(38)69)41-13-14-44(65)57-49(41)66/h4,6,8-12,26-28,31,41H,5,7,13-25H2,1-3H3,(H,70,71)(H,57,65,66). The van der Waals surface area contributed by atoms with Crippen molar-refractivity contribution in [3.8, 4) is 16.9 Å². The SMILES string of the molecule is Cc1nn(C)c(C)c1-c1c(Cl)ccc2c(CCCOc3cccc4cc(F)ccc34)c(C(=O)O)n(CCN3CCC(C(=O)N4CCN(c5cc6c(cc5F)C(=O)N(C5CCC(=O)NC5=O)C6=O)CC4)CC3)c12. The molecule has 6 heterocycles. The second-order valence-electron chi connectivity index (χ2n) is 19.1. The number of likely N-dealkylation sites (tertiary alicyclic amines) is 1. The van der Waals surface area contributed by atoms with Crippen molar-refractivity contribution in [3.05, 3.63) is 111 Å². The zero-order chi connectivity index (χ0) is 50.7. The van der Waals surface area contributed by atoms with Crippen molar-refractivity contribution in [1.82, 2.24) is 34.4 Å². The number of carbonyl (C=O) groups excluding carboxylic acids is 5. The number of piperazine rings is 1. The third-order valence-corrected chi connectivity index (χ3v) is 15.2. The van der Waals surface area contributed by atoms with Gasteiger partial charge in [0.25, 0.3) is 11.8 Å². The van der Waals surface area contributed by atoms with Crippen LogP contribution in [-0.2, 0) is 34.4 Å². The van der Waals surface area contributed by atoms with Gasteiger partial charge < -0.3 is 29.1 Å². The van der Waals surface area contributed by atoms with Crippen molar-refractivity contribution < 1.29 is 47.4 Å². The fourth-order valence-electron chi connectivity index (χ4n) is 11.2. The first-order valence-corrected chi connectivity index (χ1v) is 24.7. The number of nitrogens with zero attached hydrogens (tertiary/aromatic N) is 7. The Balaban J connectivity index is 0.810. The van der Waals surface area contributed by atoms with Crippen LogP contribution < -0.4 is 15.0 Å². The van der Waals surface area contributed by atoms with Gasteiger partial charge in [-0.05, 0) is 112 Å². The summed E-state index contributed by atoms with van der Waals surface area (Å²) in [7, 11) is 1.86. The van der Waals surface area contributed by atoms with Crippen LogP contribution >= 0.6 is 11.6 Å². The average molecular weight is 1000 g/mol. The molecule has 0 spiro atoms. The van der Waals surface area contributed by atoms with E-state index in [4.69, 9.17) is 16.3 Å². The van der Waals surface area contributed by atoms with E-state index in [1.807, 2.05) is 55.8 Å². The Morgan fingerprint density at radius 1 is 0.861 bits per heavy atom. The van der Waals surface area contributed by atoms with Crippen LogP contribution in [0.15, 0.2) is 60.7 Å². The fraction of sp³-hybridized carbons (Fsp3) is 0.377. The Morgan fingerprint density at radius 3 is 2.28 bits per heavy atom. The maximum absolute atomic E-state index is 15.6. The zero-order valence-electron chi connectivity index (χ0n) is 40.1. The van der Waals surface area contributed by atoms with Crippen LogP contribution in [0.1, 0.15) is 80.3 Å². The topological polar surface area (TPSA) is 180 Å². The Kier molecular flexibility index (Phi) is 13.1. The Morgan fingerprint density at radius 2 is 1.58 bits per heavy atom. The van der Waals surface area contributed by atoms with Gasteiger partial charge in [0.2, 0.25) is 17.7 Å². The molecule has 3 fully saturated rings. The van der Waals surface area contributed by atoms with Gasteiger partial charge in [0.05, 0.1) is 39.7 Å². The van der Waals surface area contributed by atoms with Gasteiger partial charge in [0.15, 0.2) is 0 Å². The van der Waals surface area contributed by atoms with Crippen molar-refractivity contribution in [3.63, 3.8) is 0 Å². The summed E-state index contributed by atoms with van der Waals surface area (Å²) < 4.78 is 39.5. The number of aromatic carboxylic acids is 1. The molecule has 374 valence electrons. The molecule has 16 nitrogen and oxygen atoms in total. The molecule has 3 saturated heterocycles. The van der Waals surface area contributed by atoms with E-state index in [9.17, 15) is 38.3 Å². The number of nitrogens with one attached hydrogen (secondary N) is 1. The first-order chi connectivity index (χ1) is 34.6. The molecule has 6 aromatic rings. The maximum Gasteiger partial charge on any atom is 0.352 e. The largest absolute Gasteiger partial charge is 0.493 e. The normalized spacial score (nSPS) is 17.9. The molecule has 4 aliphatic heterocycles. The van der Waals surface area contributed by atoms with Gasteiger partial charge in [-0.25, -0.2) is 13.6 Å². The summed E-state index contributed by atoms with van der Waals surface area (Å²) in [5, 5.41) is 20.6. The zero-order valence-corrected chi connectivity index (χ0v) is 40.9. The van der Waals surface area contributed by atoms with Crippen LogP contribution in [0.5, 0.6) is 5.75 Å². The number of benzene rings is 4. The summed E-state index contributed by atoms with van der Waals surface area (Å²) in [6, 6.07) is 14.9. The number of aromatic nitrogens is 3. The predicted octanol–water partition coefficient (Wildman–Crippen LogP) is 6.92. The molecule has 72 heavy (non-hydrogen) atoms. The molecule has 0 aliphatic carbocycles. The smallest absolute Gasteiger partial charge is 0.352 e. The predicted molar refractivity (Wildman–Crippen MR) is 264 cm³/mol.